The molecule has 1 aliphatic heterocycles. The third kappa shape index (κ3) is 3.26. The number of benzene rings is 1. The Kier molecular flexibility index (Phi) is 4.21. The second-order valence-corrected chi connectivity index (χ2v) is 7.11. The van der Waals surface area contributed by atoms with E-state index in [-0.39, 0.29) is 23.3 Å². The van der Waals surface area contributed by atoms with Crippen molar-refractivity contribution < 1.29 is 14.6 Å². The minimum Gasteiger partial charge on any atom is -0.507 e. The van der Waals surface area contributed by atoms with E-state index in [9.17, 15) is 9.90 Å². The van der Waals surface area contributed by atoms with Crippen molar-refractivity contribution >= 4 is 5.91 Å². The van der Waals surface area contributed by atoms with E-state index < -0.39 is 0 Å². The SMILES string of the molecule is O=C(N[C@H]1COC2(CCCCC2)C1)c1cc(-c2ccccc2O)n[nH]1. The molecule has 1 aliphatic carbocycles. The number of nitrogens with one attached hydrogen (secondary N) is 2. The van der Waals surface area contributed by atoms with Gasteiger partial charge in [-0.25, -0.2) is 0 Å². The van der Waals surface area contributed by atoms with Crippen molar-refractivity contribution in [1.82, 2.24) is 15.5 Å². The van der Waals surface area contributed by atoms with Crippen molar-refractivity contribution in [1.29, 1.82) is 0 Å². The van der Waals surface area contributed by atoms with E-state index in [1.54, 1.807) is 24.3 Å². The van der Waals surface area contributed by atoms with Crippen LogP contribution in [-0.2, 0) is 4.74 Å². The zero-order valence-corrected chi connectivity index (χ0v) is 14.1. The lowest BCUT2D eigenvalue weighted by Crippen LogP contribution is -2.37. The summed E-state index contributed by atoms with van der Waals surface area (Å²) in [6.45, 7) is 0.576. The minimum atomic E-state index is -0.185. The van der Waals surface area contributed by atoms with Gasteiger partial charge in [0.2, 0.25) is 0 Å². The number of hydrogen-bond donors (Lipinski definition) is 3. The first-order chi connectivity index (χ1) is 12.2. The summed E-state index contributed by atoms with van der Waals surface area (Å²) in [4.78, 5) is 12.5. The minimum absolute atomic E-state index is 0.0226. The molecule has 1 aromatic heterocycles. The summed E-state index contributed by atoms with van der Waals surface area (Å²) >= 11 is 0. The molecule has 0 unspecified atom stereocenters. The van der Waals surface area contributed by atoms with Gasteiger partial charge in [0.15, 0.2) is 0 Å². The molecule has 1 saturated carbocycles. The second-order valence-electron chi connectivity index (χ2n) is 7.11. The van der Waals surface area contributed by atoms with Crippen molar-refractivity contribution in [3.63, 3.8) is 0 Å². The first kappa shape index (κ1) is 16.1. The fourth-order valence-electron chi connectivity index (χ4n) is 4.01. The number of aromatic amines is 1. The summed E-state index contributed by atoms with van der Waals surface area (Å²) in [5.74, 6) is -0.0416. The van der Waals surface area contributed by atoms with Crippen LogP contribution in [0.5, 0.6) is 5.75 Å². The van der Waals surface area contributed by atoms with Gasteiger partial charge in [-0.15, -0.1) is 0 Å². The number of ether oxygens (including phenoxy) is 1. The van der Waals surface area contributed by atoms with E-state index in [1.165, 1.54) is 19.3 Å². The number of nitrogens with zero attached hydrogens (tertiary/aromatic N) is 1. The topological polar surface area (TPSA) is 87.2 Å². The van der Waals surface area contributed by atoms with Gasteiger partial charge < -0.3 is 15.2 Å². The van der Waals surface area contributed by atoms with E-state index in [2.05, 4.69) is 15.5 Å². The molecule has 132 valence electrons. The number of hydrogen-bond acceptors (Lipinski definition) is 4. The first-order valence-corrected chi connectivity index (χ1v) is 8.94. The molecular weight excluding hydrogens is 318 g/mol. The van der Waals surface area contributed by atoms with E-state index in [0.717, 1.165) is 19.3 Å². The number of carbonyl (C=O) groups excluding carboxylic acids is 1. The number of phenolic OH excluding ortho intramolecular Hbond substituents is 1. The van der Waals surface area contributed by atoms with Crippen molar-refractivity contribution in [2.75, 3.05) is 6.61 Å². The van der Waals surface area contributed by atoms with E-state index >= 15 is 0 Å². The van der Waals surface area contributed by atoms with Gasteiger partial charge in [0, 0.05) is 5.56 Å². The maximum atomic E-state index is 12.5. The van der Waals surface area contributed by atoms with Gasteiger partial charge in [0.1, 0.15) is 11.4 Å². The predicted molar refractivity (Wildman–Crippen MR) is 93.3 cm³/mol. The van der Waals surface area contributed by atoms with Crippen LogP contribution >= 0.6 is 0 Å². The molecule has 25 heavy (non-hydrogen) atoms. The van der Waals surface area contributed by atoms with Gasteiger partial charge in [-0.3, -0.25) is 9.89 Å². The molecule has 2 heterocycles. The summed E-state index contributed by atoms with van der Waals surface area (Å²) in [5.41, 5.74) is 1.52. The highest BCUT2D eigenvalue weighted by Gasteiger charge is 2.41. The van der Waals surface area contributed by atoms with Gasteiger partial charge >= 0.3 is 0 Å². The van der Waals surface area contributed by atoms with Crippen LogP contribution < -0.4 is 5.32 Å². The molecule has 2 aromatic rings. The molecule has 1 spiro atoms. The van der Waals surface area contributed by atoms with Gasteiger partial charge in [0.05, 0.1) is 23.9 Å². The standard InChI is InChI=1S/C19H23N3O3/c23-17-7-3-2-6-14(17)15-10-16(22-21-15)18(24)20-13-11-19(25-12-13)8-4-1-5-9-19/h2-3,6-7,10,13,23H,1,4-5,8-9,11-12H2,(H,20,24)(H,21,22)/t13-/m1/s1. The van der Waals surface area contributed by atoms with Gasteiger partial charge in [-0.05, 0) is 37.5 Å². The fourth-order valence-corrected chi connectivity index (χ4v) is 4.01. The lowest BCUT2D eigenvalue weighted by Gasteiger charge is -2.32. The Morgan fingerprint density at radius 3 is 2.88 bits per heavy atom. The Morgan fingerprint density at radius 1 is 1.28 bits per heavy atom. The summed E-state index contributed by atoms with van der Waals surface area (Å²) < 4.78 is 6.05. The van der Waals surface area contributed by atoms with Crippen LogP contribution in [0.2, 0.25) is 0 Å². The summed E-state index contributed by atoms with van der Waals surface area (Å²) in [5, 5.41) is 19.9. The normalized spacial score (nSPS) is 22.2. The Bertz CT molecular complexity index is 765. The fraction of sp³-hybridized carbons (Fsp3) is 0.474. The number of aromatic nitrogens is 2. The molecular formula is C19H23N3O3. The molecule has 6 heteroatoms. The van der Waals surface area contributed by atoms with Crippen LogP contribution in [0.3, 0.4) is 0 Å². The zero-order chi connectivity index (χ0) is 17.3. The molecule has 3 N–H and O–H groups in total. The smallest absolute Gasteiger partial charge is 0.269 e. The van der Waals surface area contributed by atoms with E-state index in [1.807, 2.05) is 6.07 Å². The summed E-state index contributed by atoms with van der Waals surface area (Å²) in [6.07, 6.45) is 6.79. The Hall–Kier alpha value is -2.34. The predicted octanol–water partition coefficient (Wildman–Crippen LogP) is 3.00. The lowest BCUT2D eigenvalue weighted by molar-refractivity contribution is -0.0246. The molecule has 1 saturated heterocycles. The third-order valence-corrected chi connectivity index (χ3v) is 5.31. The average molecular weight is 341 g/mol. The molecule has 2 fully saturated rings. The first-order valence-electron chi connectivity index (χ1n) is 8.94. The summed E-state index contributed by atoms with van der Waals surface area (Å²) in [6, 6.07) is 8.65. The number of aromatic hydroxyl groups is 1. The molecule has 0 radical (unpaired) electrons. The van der Waals surface area contributed by atoms with Crippen LogP contribution in [-0.4, -0.2) is 39.5 Å². The largest absolute Gasteiger partial charge is 0.507 e. The van der Waals surface area contributed by atoms with Crippen molar-refractivity contribution in [2.45, 2.75) is 50.2 Å². The highest BCUT2D eigenvalue weighted by molar-refractivity contribution is 5.93. The Morgan fingerprint density at radius 2 is 2.08 bits per heavy atom. The zero-order valence-electron chi connectivity index (χ0n) is 14.1. The molecule has 1 atom stereocenters. The number of carbonyl (C=O) groups is 1. The van der Waals surface area contributed by atoms with E-state index in [4.69, 9.17) is 4.74 Å². The van der Waals surface area contributed by atoms with Gasteiger partial charge in [-0.2, -0.15) is 5.10 Å². The van der Waals surface area contributed by atoms with Crippen LogP contribution in [0.25, 0.3) is 11.3 Å². The van der Waals surface area contributed by atoms with Gasteiger partial charge in [-0.1, -0.05) is 31.4 Å². The number of phenols is 1. The third-order valence-electron chi connectivity index (χ3n) is 5.31. The number of rotatable bonds is 3. The molecule has 1 aromatic carbocycles. The van der Waals surface area contributed by atoms with Gasteiger partial charge in [0.25, 0.3) is 5.91 Å². The molecule has 0 bridgehead atoms. The number of para-hydroxylation sites is 1. The average Bonchev–Trinajstić information content (AvgIpc) is 3.24. The monoisotopic (exact) mass is 341 g/mol. The summed E-state index contributed by atoms with van der Waals surface area (Å²) in [7, 11) is 0. The lowest BCUT2D eigenvalue weighted by atomic mass is 9.82. The highest BCUT2D eigenvalue weighted by atomic mass is 16.5. The van der Waals surface area contributed by atoms with E-state index in [0.29, 0.717) is 23.6 Å². The Balaban J connectivity index is 1.42. The van der Waals surface area contributed by atoms with Crippen molar-refractivity contribution in [3.8, 4) is 17.0 Å². The Labute approximate surface area is 146 Å². The van der Waals surface area contributed by atoms with Crippen molar-refractivity contribution in [2.24, 2.45) is 0 Å². The number of H-pyrrole nitrogens is 1. The number of amides is 1. The molecule has 2 aliphatic rings. The van der Waals surface area contributed by atoms with Crippen LogP contribution in [0.4, 0.5) is 0 Å². The molecule has 6 nitrogen and oxygen atoms in total. The molecule has 4 rings (SSSR count). The quantitative estimate of drug-likeness (QED) is 0.801. The van der Waals surface area contributed by atoms with Crippen LogP contribution in [0.15, 0.2) is 30.3 Å². The maximum absolute atomic E-state index is 12.5. The van der Waals surface area contributed by atoms with Crippen molar-refractivity contribution in [3.05, 3.63) is 36.0 Å². The second kappa shape index (κ2) is 6.52. The highest BCUT2D eigenvalue weighted by Crippen LogP contribution is 2.39. The van der Waals surface area contributed by atoms with Crippen LogP contribution in [0.1, 0.15) is 49.0 Å². The van der Waals surface area contributed by atoms with Crippen LogP contribution in [0, 0.1) is 0 Å². The maximum Gasteiger partial charge on any atom is 0.269 e. The molecule has 1 amide bonds.